The number of fused-ring (bicyclic) bond motifs is 1. The van der Waals surface area contributed by atoms with Crippen LogP contribution in [0.2, 0.25) is 0 Å². The first-order valence-corrected chi connectivity index (χ1v) is 16.5. The van der Waals surface area contributed by atoms with Gasteiger partial charge in [-0.2, -0.15) is 15.4 Å². The lowest BCUT2D eigenvalue weighted by Crippen LogP contribution is -2.51. The molecule has 49 heavy (non-hydrogen) atoms. The van der Waals surface area contributed by atoms with Gasteiger partial charge in [0.15, 0.2) is 24.4 Å². The number of hydrogen-bond donors (Lipinski definition) is 2. The van der Waals surface area contributed by atoms with Gasteiger partial charge in [0.1, 0.15) is 30.6 Å². The van der Waals surface area contributed by atoms with Crippen LogP contribution >= 0.6 is 7.75 Å². The quantitative estimate of drug-likeness (QED) is 0.132. The highest BCUT2D eigenvalue weighted by Crippen LogP contribution is 2.50. The molecule has 1 aliphatic heterocycles. The first-order valence-electron chi connectivity index (χ1n) is 14.9. The summed E-state index contributed by atoms with van der Waals surface area (Å²) in [6.07, 6.45) is -5.38. The lowest BCUT2D eigenvalue weighted by Gasteiger charge is -2.31. The third-order valence-electron chi connectivity index (χ3n) is 7.68. The van der Waals surface area contributed by atoms with E-state index in [9.17, 15) is 24.2 Å². The van der Waals surface area contributed by atoms with Crippen molar-refractivity contribution in [2.24, 2.45) is 0 Å². The number of rotatable bonds is 15. The molecule has 0 aliphatic carbocycles. The van der Waals surface area contributed by atoms with Gasteiger partial charge < -0.3 is 38.7 Å². The van der Waals surface area contributed by atoms with Gasteiger partial charge in [0.2, 0.25) is 5.60 Å². The zero-order valence-corrected chi connectivity index (χ0v) is 28.5. The summed E-state index contributed by atoms with van der Waals surface area (Å²) in [7, 11) is -0.859. The predicted molar refractivity (Wildman–Crippen MR) is 170 cm³/mol. The maximum absolute atomic E-state index is 14.2. The van der Waals surface area contributed by atoms with Crippen molar-refractivity contribution in [3.8, 4) is 11.8 Å². The van der Waals surface area contributed by atoms with Crippen molar-refractivity contribution in [2.45, 2.75) is 62.9 Å². The molecule has 18 heteroatoms. The highest BCUT2D eigenvalue weighted by Gasteiger charge is 2.62. The van der Waals surface area contributed by atoms with Crippen LogP contribution in [0.25, 0.3) is 5.52 Å². The average Bonchev–Trinajstić information content (AvgIpc) is 3.66. The van der Waals surface area contributed by atoms with Crippen LogP contribution in [0.3, 0.4) is 0 Å². The third-order valence-corrected chi connectivity index (χ3v) is 9.31. The molecule has 0 saturated carbocycles. The average molecular weight is 704 g/mol. The highest BCUT2D eigenvalue weighted by molar-refractivity contribution is 7.52. The number of ether oxygens (including phenoxy) is 6. The summed E-state index contributed by atoms with van der Waals surface area (Å²) >= 11 is 0. The third kappa shape index (κ3) is 8.19. The number of nitrogens with two attached hydrogens (primary N) is 1. The maximum atomic E-state index is 14.2. The number of carbonyl (C=O) groups is 3. The van der Waals surface area contributed by atoms with Gasteiger partial charge in [0, 0.05) is 20.4 Å². The number of nitrogens with one attached hydrogen (secondary N) is 1. The fraction of sp³-hybridized carbons (Fsp3) is 0.452. The number of nitrogen functional groups attached to an aromatic ring is 1. The van der Waals surface area contributed by atoms with Crippen LogP contribution in [-0.2, 0) is 51.9 Å². The van der Waals surface area contributed by atoms with Gasteiger partial charge in [-0.1, -0.05) is 18.2 Å². The number of methoxy groups -OCH3 is 3. The molecule has 3 aromatic rings. The number of benzene rings is 1. The molecular formula is C31H38N5O12P. The number of hydrogen-bond acceptors (Lipinski definition) is 15. The van der Waals surface area contributed by atoms with Gasteiger partial charge in [-0.05, 0) is 51.1 Å². The molecule has 0 unspecified atom stereocenters. The molecule has 17 nitrogen and oxygen atoms in total. The minimum absolute atomic E-state index is 0.0900. The number of aromatic nitrogens is 2. The van der Waals surface area contributed by atoms with Crippen molar-refractivity contribution in [2.75, 3.05) is 33.7 Å². The van der Waals surface area contributed by atoms with Crippen LogP contribution < -0.4 is 15.3 Å². The van der Waals surface area contributed by atoms with Crippen LogP contribution in [0, 0.1) is 11.3 Å². The summed E-state index contributed by atoms with van der Waals surface area (Å²) in [5.41, 5.74) is 4.90. The molecule has 1 aromatic carbocycles. The van der Waals surface area contributed by atoms with E-state index in [1.54, 1.807) is 36.4 Å². The van der Waals surface area contributed by atoms with Crippen LogP contribution in [0.5, 0.6) is 5.75 Å². The van der Waals surface area contributed by atoms with Crippen molar-refractivity contribution in [1.82, 2.24) is 14.7 Å². The van der Waals surface area contributed by atoms with Crippen LogP contribution in [-0.4, -0.2) is 91.5 Å². The molecule has 1 fully saturated rings. The summed E-state index contributed by atoms with van der Waals surface area (Å²) in [6, 6.07) is 13.4. The highest BCUT2D eigenvalue weighted by atomic mass is 31.2. The molecule has 0 radical (unpaired) electrons. The van der Waals surface area contributed by atoms with Crippen molar-refractivity contribution in [3.63, 3.8) is 0 Å². The Morgan fingerprint density at radius 2 is 1.67 bits per heavy atom. The maximum Gasteiger partial charge on any atom is 0.459 e. The Morgan fingerprint density at radius 3 is 2.29 bits per heavy atom. The molecule has 3 N–H and O–H groups in total. The predicted octanol–water partition coefficient (Wildman–Crippen LogP) is 2.50. The Kier molecular flexibility index (Phi) is 12.0. The number of esters is 3. The fourth-order valence-corrected chi connectivity index (χ4v) is 6.33. The minimum atomic E-state index is -4.56. The minimum Gasteiger partial charge on any atom is -0.468 e. The number of anilines is 1. The van der Waals surface area contributed by atoms with Crippen molar-refractivity contribution in [3.05, 3.63) is 60.4 Å². The summed E-state index contributed by atoms with van der Waals surface area (Å²) in [6.45, 7) is 3.29. The van der Waals surface area contributed by atoms with E-state index in [-0.39, 0.29) is 11.4 Å². The van der Waals surface area contributed by atoms with Crippen LogP contribution in [0.4, 0.5) is 5.69 Å². The Balaban J connectivity index is 1.83. The van der Waals surface area contributed by atoms with E-state index >= 15 is 0 Å². The van der Waals surface area contributed by atoms with Gasteiger partial charge in [-0.25, -0.2) is 18.7 Å². The Morgan fingerprint density at radius 1 is 1.02 bits per heavy atom. The van der Waals surface area contributed by atoms with E-state index in [2.05, 4.69) is 10.2 Å². The van der Waals surface area contributed by atoms with Crippen LogP contribution in [0.15, 0.2) is 54.7 Å². The Bertz CT molecular complexity index is 1730. The van der Waals surface area contributed by atoms with Crippen molar-refractivity contribution in [1.29, 1.82) is 5.26 Å². The molecule has 1 saturated heterocycles. The largest absolute Gasteiger partial charge is 0.468 e. The molecule has 1 aliphatic rings. The Hall–Kier alpha value is -4.56. The standard InChI is InChI=1S/C31H38N5O12P/c1-18(28(37)43-6)35-49(40,48-21-10-8-7-9-11-21)44-17-31(16-32)27(46-30(39)20(3)42-5)26(45-29(38)19(2)41-4)25(47-31)24-13-12-23-22(33)14-15-34-36(23)24/h7-15,18-20,25-27H,17,33H2,1-6H3,(H,35,40)/t18-,19+,20+,25-,26-,27-,31+,49-/m0/s1. The normalized spacial score (nSPS) is 23.4. The van der Waals surface area contributed by atoms with Gasteiger partial charge >= 0.3 is 25.7 Å². The summed E-state index contributed by atoms with van der Waals surface area (Å²) in [5, 5.41) is 17.6. The molecular weight excluding hydrogens is 665 g/mol. The summed E-state index contributed by atoms with van der Waals surface area (Å²) in [5.74, 6) is -2.52. The zero-order valence-electron chi connectivity index (χ0n) is 27.6. The first kappa shape index (κ1) is 37.3. The van der Waals surface area contributed by atoms with Gasteiger partial charge in [-0.15, -0.1) is 0 Å². The van der Waals surface area contributed by atoms with Crippen LogP contribution in [0.1, 0.15) is 32.6 Å². The molecule has 3 heterocycles. The van der Waals surface area contributed by atoms with Gasteiger partial charge in [-0.3, -0.25) is 9.32 Å². The second-order valence-electron chi connectivity index (χ2n) is 10.9. The number of carbonyl (C=O) groups excluding carboxylic acids is 3. The second-order valence-corrected chi connectivity index (χ2v) is 12.6. The van der Waals surface area contributed by atoms with E-state index in [1.807, 2.05) is 6.07 Å². The Labute approximate surface area is 282 Å². The molecule has 0 bridgehead atoms. The number of para-hydroxylation sites is 1. The van der Waals surface area contributed by atoms with E-state index in [0.717, 1.165) is 7.11 Å². The molecule has 264 valence electrons. The summed E-state index contributed by atoms with van der Waals surface area (Å²) in [4.78, 5) is 38.7. The fourth-order valence-electron chi connectivity index (χ4n) is 4.81. The monoisotopic (exact) mass is 703 g/mol. The summed E-state index contributed by atoms with van der Waals surface area (Å²) < 4.78 is 60.1. The molecule has 2 aromatic heterocycles. The molecule has 0 amide bonds. The first-order chi connectivity index (χ1) is 23.3. The topological polar surface area (TPSA) is 221 Å². The van der Waals surface area contributed by atoms with E-state index in [1.165, 1.54) is 57.8 Å². The van der Waals surface area contributed by atoms with E-state index in [0.29, 0.717) is 11.2 Å². The van der Waals surface area contributed by atoms with Crippen molar-refractivity contribution < 1.29 is 56.4 Å². The number of nitrogens with zero attached hydrogens (tertiary/aromatic N) is 3. The zero-order chi connectivity index (χ0) is 35.9. The van der Waals surface area contributed by atoms with Gasteiger partial charge in [0.05, 0.1) is 24.0 Å². The molecule has 8 atom stereocenters. The smallest absolute Gasteiger partial charge is 0.459 e. The van der Waals surface area contributed by atoms with E-state index in [4.69, 9.17) is 43.2 Å². The lowest BCUT2D eigenvalue weighted by atomic mass is 9.95. The SMILES string of the molecule is COC(=O)[C@H](C)N[P@](=O)(OC[C@@]1(C#N)O[C@@H](c2ccc3c(N)ccnn23)[C@H](OC(=O)[C@@H](C)OC)[C@@H]1OC(=O)[C@@H](C)OC)Oc1ccccc1. The molecule has 4 rings (SSSR count). The molecule has 0 spiro atoms. The van der Waals surface area contributed by atoms with Crippen molar-refractivity contribution >= 4 is 36.9 Å². The van der Waals surface area contributed by atoms with Gasteiger partial charge in [0.25, 0.3) is 0 Å². The number of nitriles is 1. The second kappa shape index (κ2) is 15.8. The lowest BCUT2D eigenvalue weighted by molar-refractivity contribution is -0.180. The van der Waals surface area contributed by atoms with E-state index < -0.39 is 74.4 Å².